The maximum atomic E-state index is 13.4. The number of rotatable bonds is 2. The standard InChI is InChI=1S/C15H21FO2/c1-11-4-3-8-15(17,9-7-11)13-10-12(16)5-6-14(13)18-2/h5-6,10-11,17H,3-4,7-9H2,1-2H3. The van der Waals surface area contributed by atoms with Crippen LogP contribution in [0.1, 0.15) is 44.6 Å². The molecule has 100 valence electrons. The highest BCUT2D eigenvalue weighted by molar-refractivity contribution is 5.38. The van der Waals surface area contributed by atoms with Crippen LogP contribution in [0.4, 0.5) is 4.39 Å². The lowest BCUT2D eigenvalue weighted by Gasteiger charge is -2.29. The fraction of sp³-hybridized carbons (Fsp3) is 0.600. The molecule has 0 heterocycles. The molecule has 2 unspecified atom stereocenters. The van der Waals surface area contributed by atoms with Gasteiger partial charge in [-0.2, -0.15) is 0 Å². The summed E-state index contributed by atoms with van der Waals surface area (Å²) in [5, 5.41) is 10.8. The van der Waals surface area contributed by atoms with Crippen LogP contribution in [0.25, 0.3) is 0 Å². The highest BCUT2D eigenvalue weighted by Crippen LogP contribution is 2.41. The van der Waals surface area contributed by atoms with Crippen LogP contribution in [0.5, 0.6) is 5.75 Å². The van der Waals surface area contributed by atoms with E-state index in [1.807, 2.05) is 0 Å². The summed E-state index contributed by atoms with van der Waals surface area (Å²) in [6.07, 6.45) is 4.42. The molecule has 0 spiro atoms. The molecule has 1 fully saturated rings. The van der Waals surface area contributed by atoms with Gasteiger partial charge in [0.2, 0.25) is 0 Å². The Bertz CT molecular complexity index is 419. The van der Waals surface area contributed by atoms with Crippen molar-refractivity contribution in [3.05, 3.63) is 29.6 Å². The van der Waals surface area contributed by atoms with E-state index in [9.17, 15) is 9.50 Å². The molecule has 0 aliphatic heterocycles. The third kappa shape index (κ3) is 2.66. The van der Waals surface area contributed by atoms with E-state index in [1.165, 1.54) is 12.1 Å². The minimum Gasteiger partial charge on any atom is -0.496 e. The predicted octanol–water partition coefficient (Wildman–Crippen LogP) is 3.62. The number of methoxy groups -OCH3 is 1. The fourth-order valence-corrected chi connectivity index (χ4v) is 2.81. The topological polar surface area (TPSA) is 29.5 Å². The summed E-state index contributed by atoms with van der Waals surface area (Å²) < 4.78 is 18.7. The molecule has 0 amide bonds. The number of aliphatic hydroxyl groups is 1. The van der Waals surface area contributed by atoms with Crippen LogP contribution in [0.2, 0.25) is 0 Å². The number of hydrogen-bond acceptors (Lipinski definition) is 2. The Morgan fingerprint density at radius 3 is 2.83 bits per heavy atom. The first-order valence-corrected chi connectivity index (χ1v) is 6.61. The van der Waals surface area contributed by atoms with Gasteiger partial charge in [-0.1, -0.05) is 13.3 Å². The highest BCUT2D eigenvalue weighted by atomic mass is 19.1. The van der Waals surface area contributed by atoms with Crippen molar-refractivity contribution in [2.75, 3.05) is 7.11 Å². The van der Waals surface area contributed by atoms with Gasteiger partial charge in [0.25, 0.3) is 0 Å². The van der Waals surface area contributed by atoms with Crippen molar-refractivity contribution >= 4 is 0 Å². The highest BCUT2D eigenvalue weighted by Gasteiger charge is 2.34. The Morgan fingerprint density at radius 2 is 2.11 bits per heavy atom. The van der Waals surface area contributed by atoms with E-state index in [0.29, 0.717) is 30.1 Å². The second-order valence-corrected chi connectivity index (χ2v) is 5.41. The Kier molecular flexibility index (Phi) is 3.91. The SMILES string of the molecule is COc1ccc(F)cc1C1(O)CCCC(C)CC1. The number of benzene rings is 1. The first kappa shape index (κ1) is 13.3. The van der Waals surface area contributed by atoms with Gasteiger partial charge in [0.1, 0.15) is 11.6 Å². The largest absolute Gasteiger partial charge is 0.496 e. The third-order valence-corrected chi connectivity index (χ3v) is 4.00. The average Bonchev–Trinajstić information content (AvgIpc) is 2.52. The van der Waals surface area contributed by atoms with Crippen molar-refractivity contribution in [3.63, 3.8) is 0 Å². The molecule has 0 bridgehead atoms. The van der Waals surface area contributed by atoms with Crippen molar-refractivity contribution in [1.29, 1.82) is 0 Å². The van der Waals surface area contributed by atoms with Gasteiger partial charge < -0.3 is 9.84 Å². The quantitative estimate of drug-likeness (QED) is 0.815. The zero-order valence-electron chi connectivity index (χ0n) is 11.1. The zero-order chi connectivity index (χ0) is 13.2. The molecule has 1 aromatic carbocycles. The van der Waals surface area contributed by atoms with E-state index in [-0.39, 0.29) is 5.82 Å². The molecule has 0 aromatic heterocycles. The van der Waals surface area contributed by atoms with Crippen LogP contribution in [0.15, 0.2) is 18.2 Å². The van der Waals surface area contributed by atoms with Crippen LogP contribution in [-0.4, -0.2) is 12.2 Å². The molecule has 0 radical (unpaired) electrons. The average molecular weight is 252 g/mol. The molecule has 1 saturated carbocycles. The Hall–Kier alpha value is -1.09. The lowest BCUT2D eigenvalue weighted by Crippen LogP contribution is -2.25. The summed E-state index contributed by atoms with van der Waals surface area (Å²) in [7, 11) is 1.55. The second kappa shape index (κ2) is 5.27. The normalized spacial score (nSPS) is 28.8. The summed E-state index contributed by atoms with van der Waals surface area (Å²) in [6, 6.07) is 4.37. The second-order valence-electron chi connectivity index (χ2n) is 5.41. The first-order chi connectivity index (χ1) is 8.55. The minimum atomic E-state index is -0.946. The van der Waals surface area contributed by atoms with Crippen molar-refractivity contribution in [2.24, 2.45) is 5.92 Å². The summed E-state index contributed by atoms with van der Waals surface area (Å²) in [4.78, 5) is 0. The molecule has 2 nitrogen and oxygen atoms in total. The first-order valence-electron chi connectivity index (χ1n) is 6.61. The van der Waals surface area contributed by atoms with Gasteiger partial charge in [-0.15, -0.1) is 0 Å². The summed E-state index contributed by atoms with van der Waals surface area (Å²) in [5.74, 6) is 0.878. The monoisotopic (exact) mass is 252 g/mol. The number of halogens is 1. The maximum Gasteiger partial charge on any atom is 0.125 e. The van der Waals surface area contributed by atoms with Crippen LogP contribution in [-0.2, 0) is 5.60 Å². The minimum absolute atomic E-state index is 0.323. The number of ether oxygens (including phenoxy) is 1. The van der Waals surface area contributed by atoms with Crippen molar-refractivity contribution in [3.8, 4) is 5.75 Å². The molecule has 2 atom stereocenters. The smallest absolute Gasteiger partial charge is 0.125 e. The Labute approximate surface area is 108 Å². The van der Waals surface area contributed by atoms with Crippen molar-refractivity contribution < 1.29 is 14.2 Å². The van der Waals surface area contributed by atoms with Gasteiger partial charge in [0.05, 0.1) is 12.7 Å². The zero-order valence-corrected chi connectivity index (χ0v) is 11.1. The summed E-state index contributed by atoms with van der Waals surface area (Å²) >= 11 is 0. The molecule has 1 N–H and O–H groups in total. The van der Waals surface area contributed by atoms with Crippen LogP contribution in [0, 0.1) is 11.7 Å². The van der Waals surface area contributed by atoms with Gasteiger partial charge in [-0.3, -0.25) is 0 Å². The summed E-state index contributed by atoms with van der Waals surface area (Å²) in [5.41, 5.74) is -0.350. The third-order valence-electron chi connectivity index (χ3n) is 4.00. The van der Waals surface area contributed by atoms with Crippen LogP contribution in [0.3, 0.4) is 0 Å². The van der Waals surface area contributed by atoms with Gasteiger partial charge in [-0.05, 0) is 49.8 Å². The van der Waals surface area contributed by atoms with Gasteiger partial charge in [0.15, 0.2) is 0 Å². The summed E-state index contributed by atoms with van der Waals surface area (Å²) in [6.45, 7) is 2.20. The molecule has 2 rings (SSSR count). The van der Waals surface area contributed by atoms with E-state index in [0.717, 1.165) is 19.3 Å². The number of hydrogen-bond donors (Lipinski definition) is 1. The predicted molar refractivity (Wildman–Crippen MR) is 69.1 cm³/mol. The van der Waals surface area contributed by atoms with Gasteiger partial charge in [-0.25, -0.2) is 4.39 Å². The molecule has 18 heavy (non-hydrogen) atoms. The van der Waals surface area contributed by atoms with E-state index >= 15 is 0 Å². The molecule has 3 heteroatoms. The van der Waals surface area contributed by atoms with Crippen molar-refractivity contribution in [2.45, 2.75) is 44.6 Å². The van der Waals surface area contributed by atoms with Gasteiger partial charge >= 0.3 is 0 Å². The molecular formula is C15H21FO2. The molecule has 1 aliphatic rings. The maximum absolute atomic E-state index is 13.4. The molecule has 0 saturated heterocycles. The Balaban J connectivity index is 2.36. The van der Waals surface area contributed by atoms with Crippen LogP contribution < -0.4 is 4.74 Å². The lowest BCUT2D eigenvalue weighted by molar-refractivity contribution is 0.0173. The van der Waals surface area contributed by atoms with E-state index < -0.39 is 5.60 Å². The molecule has 1 aromatic rings. The lowest BCUT2D eigenvalue weighted by atomic mass is 9.85. The van der Waals surface area contributed by atoms with E-state index in [2.05, 4.69) is 6.92 Å². The van der Waals surface area contributed by atoms with Crippen molar-refractivity contribution in [1.82, 2.24) is 0 Å². The van der Waals surface area contributed by atoms with Gasteiger partial charge in [0, 0.05) is 5.56 Å². The molecule has 1 aliphatic carbocycles. The van der Waals surface area contributed by atoms with E-state index in [1.54, 1.807) is 13.2 Å². The van der Waals surface area contributed by atoms with Crippen LogP contribution >= 0.6 is 0 Å². The van der Waals surface area contributed by atoms with E-state index in [4.69, 9.17) is 4.74 Å². The molecular weight excluding hydrogens is 231 g/mol. The fourth-order valence-electron chi connectivity index (χ4n) is 2.81. The Morgan fingerprint density at radius 1 is 1.33 bits per heavy atom.